The second kappa shape index (κ2) is 12.1. The highest BCUT2D eigenvalue weighted by atomic mass is 16.3. The Hall–Kier alpha value is -7.37. The van der Waals surface area contributed by atoms with Gasteiger partial charge < -0.3 is 8.98 Å². The number of fused-ring (bicyclic) bond motifs is 7. The number of rotatable bonds is 5. The van der Waals surface area contributed by atoms with Crippen LogP contribution >= 0.6 is 0 Å². The molecule has 5 nitrogen and oxygen atoms in total. The first-order valence-electron chi connectivity index (χ1n) is 18.1. The number of benzene rings is 8. The average Bonchev–Trinajstić information content (AvgIpc) is 3.78. The highest BCUT2D eigenvalue weighted by molar-refractivity contribution is 6.13. The van der Waals surface area contributed by atoms with Crippen LogP contribution in [0.25, 0.3) is 105 Å². The van der Waals surface area contributed by atoms with Crippen molar-refractivity contribution in [3.05, 3.63) is 182 Å². The summed E-state index contributed by atoms with van der Waals surface area (Å²) in [5.41, 5.74) is 10.2. The van der Waals surface area contributed by atoms with E-state index in [9.17, 15) is 0 Å². The maximum Gasteiger partial charge on any atom is 0.164 e. The van der Waals surface area contributed by atoms with Crippen molar-refractivity contribution in [3.63, 3.8) is 0 Å². The van der Waals surface area contributed by atoms with Crippen molar-refractivity contribution < 1.29 is 4.42 Å². The minimum Gasteiger partial charge on any atom is -0.456 e. The summed E-state index contributed by atoms with van der Waals surface area (Å²) in [5, 5.41) is 7.08. The molecule has 54 heavy (non-hydrogen) atoms. The van der Waals surface area contributed by atoms with Gasteiger partial charge in [0.05, 0.1) is 11.0 Å². The van der Waals surface area contributed by atoms with Crippen LogP contribution in [-0.4, -0.2) is 19.5 Å². The zero-order chi connectivity index (χ0) is 35.6. The number of aromatic nitrogens is 4. The van der Waals surface area contributed by atoms with Crippen molar-refractivity contribution in [2.45, 2.75) is 0 Å². The van der Waals surface area contributed by atoms with Crippen LogP contribution in [0.2, 0.25) is 0 Å². The van der Waals surface area contributed by atoms with E-state index in [1.54, 1.807) is 0 Å². The molecule has 0 N–H and O–H groups in total. The first-order valence-corrected chi connectivity index (χ1v) is 18.1. The van der Waals surface area contributed by atoms with Crippen LogP contribution in [0.5, 0.6) is 0 Å². The van der Waals surface area contributed by atoms with Gasteiger partial charge in [0.2, 0.25) is 0 Å². The molecule has 3 aromatic heterocycles. The smallest absolute Gasteiger partial charge is 0.164 e. The van der Waals surface area contributed by atoms with E-state index in [1.165, 1.54) is 32.6 Å². The Labute approximate surface area is 310 Å². The molecular weight excluding hydrogens is 661 g/mol. The van der Waals surface area contributed by atoms with Gasteiger partial charge in [0.15, 0.2) is 17.5 Å². The second-order valence-electron chi connectivity index (χ2n) is 13.7. The number of hydrogen-bond donors (Lipinski definition) is 0. The van der Waals surface area contributed by atoms with Gasteiger partial charge in [-0.15, -0.1) is 0 Å². The van der Waals surface area contributed by atoms with Gasteiger partial charge in [0, 0.05) is 43.9 Å². The molecule has 252 valence electrons. The fraction of sp³-hybridized carbons (Fsp3) is 0. The van der Waals surface area contributed by atoms with Crippen molar-refractivity contribution in [1.82, 2.24) is 19.5 Å². The number of hydrogen-bond acceptors (Lipinski definition) is 4. The summed E-state index contributed by atoms with van der Waals surface area (Å²) >= 11 is 0. The minimum atomic E-state index is 0.613. The van der Waals surface area contributed by atoms with E-state index in [1.807, 2.05) is 60.7 Å². The maximum absolute atomic E-state index is 6.10. The molecule has 0 amide bonds. The molecule has 0 fully saturated rings. The zero-order valence-corrected chi connectivity index (χ0v) is 29.0. The first kappa shape index (κ1) is 30.3. The number of nitrogens with zero attached hydrogens (tertiary/aromatic N) is 4. The third kappa shape index (κ3) is 4.98. The van der Waals surface area contributed by atoms with E-state index in [0.717, 1.165) is 55.4 Å². The van der Waals surface area contributed by atoms with Crippen LogP contribution in [0.3, 0.4) is 0 Å². The molecule has 0 saturated carbocycles. The lowest BCUT2D eigenvalue weighted by Crippen LogP contribution is -2.00. The van der Waals surface area contributed by atoms with Gasteiger partial charge in [-0.05, 0) is 76.5 Å². The van der Waals surface area contributed by atoms with E-state index in [2.05, 4.69) is 126 Å². The molecular formula is C49H30N4O. The van der Waals surface area contributed by atoms with E-state index < -0.39 is 0 Å². The molecule has 0 aliphatic carbocycles. The molecule has 11 rings (SSSR count). The molecule has 8 aromatic carbocycles. The van der Waals surface area contributed by atoms with Gasteiger partial charge in [0.25, 0.3) is 0 Å². The lowest BCUT2D eigenvalue weighted by molar-refractivity contribution is 0.669. The van der Waals surface area contributed by atoms with E-state index in [4.69, 9.17) is 19.4 Å². The lowest BCUT2D eigenvalue weighted by atomic mass is 10.0. The van der Waals surface area contributed by atoms with Crippen molar-refractivity contribution in [2.75, 3.05) is 0 Å². The van der Waals surface area contributed by atoms with Gasteiger partial charge in [-0.1, -0.05) is 127 Å². The summed E-state index contributed by atoms with van der Waals surface area (Å²) in [7, 11) is 0. The summed E-state index contributed by atoms with van der Waals surface area (Å²) in [6, 6.07) is 63.5. The van der Waals surface area contributed by atoms with Crippen LogP contribution in [0.15, 0.2) is 186 Å². The lowest BCUT2D eigenvalue weighted by Gasteiger charge is -2.12. The van der Waals surface area contributed by atoms with Crippen LogP contribution in [0.1, 0.15) is 0 Å². The Morgan fingerprint density at radius 3 is 1.74 bits per heavy atom. The summed E-state index contributed by atoms with van der Waals surface area (Å²) in [6.45, 7) is 0. The molecule has 3 heterocycles. The van der Waals surface area contributed by atoms with Gasteiger partial charge in [0.1, 0.15) is 11.2 Å². The molecule has 0 unspecified atom stereocenters. The van der Waals surface area contributed by atoms with Crippen molar-refractivity contribution in [2.24, 2.45) is 0 Å². The van der Waals surface area contributed by atoms with Crippen LogP contribution < -0.4 is 0 Å². The number of furan rings is 1. The summed E-state index contributed by atoms with van der Waals surface area (Å²) in [6.07, 6.45) is 0. The van der Waals surface area contributed by atoms with E-state index >= 15 is 0 Å². The quantitative estimate of drug-likeness (QED) is 0.180. The normalized spacial score (nSPS) is 11.7. The Bertz CT molecular complexity index is 3210. The third-order valence-electron chi connectivity index (χ3n) is 10.4. The van der Waals surface area contributed by atoms with Gasteiger partial charge in [-0.2, -0.15) is 0 Å². The standard InChI is InChI=1S/C49H30N4O/c1-2-11-32(12-3-1)47-50-48(52-49(51-47)37-25-26-46-42(29-37)40-18-7-9-20-45(40)54-46)33-23-21-31(22-24-33)34-15-10-16-38(27-34)53-43-19-8-6-17-39(43)41-28-35-13-4-5-14-36(35)30-44(41)53/h1-30H. The molecule has 5 heteroatoms. The zero-order valence-electron chi connectivity index (χ0n) is 29.0. The Morgan fingerprint density at radius 1 is 0.333 bits per heavy atom. The van der Waals surface area contributed by atoms with E-state index in [0.29, 0.717) is 17.5 Å². The Morgan fingerprint density at radius 2 is 0.926 bits per heavy atom. The summed E-state index contributed by atoms with van der Waals surface area (Å²) in [5.74, 6) is 1.86. The Balaban J connectivity index is 1.00. The molecule has 0 bridgehead atoms. The van der Waals surface area contributed by atoms with Gasteiger partial charge in [-0.3, -0.25) is 0 Å². The first-order chi connectivity index (χ1) is 26.7. The molecule has 0 aliphatic rings. The Kier molecular flexibility index (Phi) is 6.79. The fourth-order valence-corrected chi connectivity index (χ4v) is 7.79. The number of para-hydroxylation sites is 2. The van der Waals surface area contributed by atoms with Crippen LogP contribution in [-0.2, 0) is 0 Å². The van der Waals surface area contributed by atoms with Crippen LogP contribution in [0, 0.1) is 0 Å². The van der Waals surface area contributed by atoms with Crippen molar-refractivity contribution in [1.29, 1.82) is 0 Å². The third-order valence-corrected chi connectivity index (χ3v) is 10.4. The molecule has 0 aliphatic heterocycles. The van der Waals surface area contributed by atoms with E-state index in [-0.39, 0.29) is 0 Å². The maximum atomic E-state index is 6.10. The van der Waals surface area contributed by atoms with Crippen molar-refractivity contribution in [3.8, 4) is 51.0 Å². The molecule has 0 saturated heterocycles. The average molecular weight is 691 g/mol. The summed E-state index contributed by atoms with van der Waals surface area (Å²) in [4.78, 5) is 15.0. The van der Waals surface area contributed by atoms with Gasteiger partial charge >= 0.3 is 0 Å². The SMILES string of the molecule is c1ccc(-c2nc(-c3ccc(-c4cccc(-n5c6ccccc6c6cc7ccccc7cc65)c4)cc3)nc(-c3ccc4oc5ccccc5c4c3)n2)cc1. The predicted octanol–water partition coefficient (Wildman–Crippen LogP) is 12.7. The minimum absolute atomic E-state index is 0.613. The highest BCUT2D eigenvalue weighted by Crippen LogP contribution is 2.37. The van der Waals surface area contributed by atoms with Crippen molar-refractivity contribution >= 4 is 54.5 Å². The molecule has 0 radical (unpaired) electrons. The largest absolute Gasteiger partial charge is 0.456 e. The molecule has 0 atom stereocenters. The predicted molar refractivity (Wildman–Crippen MR) is 221 cm³/mol. The van der Waals surface area contributed by atoms with Crippen LogP contribution in [0.4, 0.5) is 0 Å². The monoisotopic (exact) mass is 690 g/mol. The topological polar surface area (TPSA) is 56.7 Å². The highest BCUT2D eigenvalue weighted by Gasteiger charge is 2.16. The summed E-state index contributed by atoms with van der Waals surface area (Å²) < 4.78 is 8.49. The molecule has 0 spiro atoms. The fourth-order valence-electron chi connectivity index (χ4n) is 7.79. The second-order valence-corrected chi connectivity index (χ2v) is 13.7. The van der Waals surface area contributed by atoms with Gasteiger partial charge in [-0.25, -0.2) is 15.0 Å². The molecule has 11 aromatic rings.